The standard InChI is InChI=1S/C25H23N3O2/c1-2-14-30-24-20-13-12-18-10-6-7-11-19(18)23(29)22(20)27-25-21(24)15-26-28(25)16-17-8-4-3-5-9-17/h3-11,15H,2,12-14,16H2,1H3. The Balaban J connectivity index is 1.69. The molecule has 1 aliphatic carbocycles. The predicted octanol–water partition coefficient (Wildman–Crippen LogP) is 4.60. The molecule has 0 radical (unpaired) electrons. The molecule has 5 nitrogen and oxygen atoms in total. The van der Waals surface area contributed by atoms with Crippen molar-refractivity contribution < 1.29 is 9.53 Å². The molecule has 5 rings (SSSR count). The second kappa shape index (κ2) is 7.75. The summed E-state index contributed by atoms with van der Waals surface area (Å²) in [5, 5.41) is 5.46. The lowest BCUT2D eigenvalue weighted by atomic mass is 10.0. The summed E-state index contributed by atoms with van der Waals surface area (Å²) in [6, 6.07) is 18.0. The number of hydrogen-bond acceptors (Lipinski definition) is 4. The molecule has 1 aliphatic rings. The van der Waals surface area contributed by atoms with Crippen molar-refractivity contribution in [1.29, 1.82) is 0 Å². The molecule has 0 saturated carbocycles. The summed E-state index contributed by atoms with van der Waals surface area (Å²) >= 11 is 0. The van der Waals surface area contributed by atoms with E-state index in [2.05, 4.69) is 24.2 Å². The first-order chi connectivity index (χ1) is 14.8. The summed E-state index contributed by atoms with van der Waals surface area (Å²) in [5.74, 6) is 0.728. The van der Waals surface area contributed by atoms with Gasteiger partial charge in [-0.3, -0.25) is 4.79 Å². The molecule has 0 fully saturated rings. The molecule has 0 unspecified atom stereocenters. The van der Waals surface area contributed by atoms with Gasteiger partial charge in [-0.05, 0) is 30.4 Å². The van der Waals surface area contributed by atoms with Gasteiger partial charge >= 0.3 is 0 Å². The Morgan fingerprint density at radius 3 is 2.67 bits per heavy atom. The maximum atomic E-state index is 13.4. The number of pyridine rings is 1. The lowest BCUT2D eigenvalue weighted by Crippen LogP contribution is -2.11. The van der Waals surface area contributed by atoms with Crippen molar-refractivity contribution in [2.24, 2.45) is 0 Å². The third-order valence-electron chi connectivity index (χ3n) is 5.58. The number of hydrogen-bond donors (Lipinski definition) is 0. The summed E-state index contributed by atoms with van der Waals surface area (Å²) in [6.45, 7) is 3.27. The van der Waals surface area contributed by atoms with Crippen molar-refractivity contribution in [2.75, 3.05) is 6.61 Å². The van der Waals surface area contributed by atoms with Crippen LogP contribution in [-0.4, -0.2) is 27.2 Å². The van der Waals surface area contributed by atoms with E-state index in [1.165, 1.54) is 0 Å². The average molecular weight is 397 g/mol. The molecule has 30 heavy (non-hydrogen) atoms. The summed E-state index contributed by atoms with van der Waals surface area (Å²) in [4.78, 5) is 18.3. The second-order valence-electron chi connectivity index (χ2n) is 7.63. The van der Waals surface area contributed by atoms with E-state index in [1.54, 1.807) is 0 Å². The van der Waals surface area contributed by atoms with Crippen molar-refractivity contribution in [3.05, 3.63) is 88.7 Å². The highest BCUT2D eigenvalue weighted by Crippen LogP contribution is 2.35. The van der Waals surface area contributed by atoms with Crippen LogP contribution in [0.2, 0.25) is 0 Å². The minimum absolute atomic E-state index is 0.0335. The van der Waals surface area contributed by atoms with Gasteiger partial charge in [0.15, 0.2) is 5.65 Å². The van der Waals surface area contributed by atoms with Gasteiger partial charge in [0.1, 0.15) is 11.4 Å². The predicted molar refractivity (Wildman–Crippen MR) is 116 cm³/mol. The van der Waals surface area contributed by atoms with Crippen LogP contribution in [0.15, 0.2) is 60.8 Å². The van der Waals surface area contributed by atoms with Crippen LogP contribution in [-0.2, 0) is 19.4 Å². The maximum absolute atomic E-state index is 13.4. The van der Waals surface area contributed by atoms with Crippen LogP contribution in [0.3, 0.4) is 0 Å². The third-order valence-corrected chi connectivity index (χ3v) is 5.58. The summed E-state index contributed by atoms with van der Waals surface area (Å²) in [6.07, 6.45) is 4.23. The number of rotatable bonds is 5. The van der Waals surface area contributed by atoms with Gasteiger partial charge in [-0.25, -0.2) is 9.67 Å². The van der Waals surface area contributed by atoms with E-state index in [4.69, 9.17) is 9.72 Å². The van der Waals surface area contributed by atoms with Gasteiger partial charge in [-0.2, -0.15) is 5.10 Å². The fourth-order valence-electron chi connectivity index (χ4n) is 4.11. The molecule has 2 aromatic heterocycles. The van der Waals surface area contributed by atoms with Crippen LogP contribution < -0.4 is 4.74 Å². The van der Waals surface area contributed by atoms with Gasteiger partial charge in [0.2, 0.25) is 5.78 Å². The Labute approximate surface area is 175 Å². The number of nitrogens with zero attached hydrogens (tertiary/aromatic N) is 3. The van der Waals surface area contributed by atoms with Gasteiger partial charge in [-0.1, -0.05) is 61.5 Å². The number of carbonyl (C=O) groups is 1. The lowest BCUT2D eigenvalue weighted by molar-refractivity contribution is 0.103. The molecule has 0 aliphatic heterocycles. The molecule has 2 aromatic carbocycles. The SMILES string of the molecule is CCCOc1c2c(nc3c1cnn3Cc1ccccc1)C(=O)c1ccccc1CC2. The number of benzene rings is 2. The Bertz CT molecular complexity index is 1230. The minimum atomic E-state index is -0.0335. The van der Waals surface area contributed by atoms with Crippen molar-refractivity contribution in [3.63, 3.8) is 0 Å². The molecule has 0 spiro atoms. The monoisotopic (exact) mass is 397 g/mol. The normalized spacial score (nSPS) is 13.0. The van der Waals surface area contributed by atoms with Crippen molar-refractivity contribution in [1.82, 2.24) is 14.8 Å². The molecule has 2 heterocycles. The number of fused-ring (bicyclic) bond motifs is 3. The van der Waals surface area contributed by atoms with Crippen LogP contribution in [0.4, 0.5) is 0 Å². The number of carbonyl (C=O) groups excluding carboxylic acids is 1. The zero-order chi connectivity index (χ0) is 20.5. The molecule has 0 bridgehead atoms. The van der Waals surface area contributed by atoms with Gasteiger partial charge in [-0.15, -0.1) is 0 Å². The summed E-state index contributed by atoms with van der Waals surface area (Å²) in [5.41, 5.74) is 5.02. The quantitative estimate of drug-likeness (QED) is 0.494. The van der Waals surface area contributed by atoms with E-state index in [-0.39, 0.29) is 5.78 Å². The molecule has 0 atom stereocenters. The van der Waals surface area contributed by atoms with E-state index in [0.29, 0.717) is 24.5 Å². The van der Waals surface area contributed by atoms with Gasteiger partial charge in [0.25, 0.3) is 0 Å². The van der Waals surface area contributed by atoms with Gasteiger partial charge in [0, 0.05) is 11.1 Å². The first kappa shape index (κ1) is 18.6. The zero-order valence-corrected chi connectivity index (χ0v) is 17.0. The number of ether oxygens (including phenoxy) is 1. The fraction of sp³-hybridized carbons (Fsp3) is 0.240. The van der Waals surface area contributed by atoms with E-state index in [9.17, 15) is 4.79 Å². The largest absolute Gasteiger partial charge is 0.492 e. The van der Waals surface area contributed by atoms with Crippen LogP contribution in [0.25, 0.3) is 11.0 Å². The topological polar surface area (TPSA) is 57.0 Å². The smallest absolute Gasteiger partial charge is 0.212 e. The number of aryl methyl sites for hydroxylation is 1. The van der Waals surface area contributed by atoms with E-state index < -0.39 is 0 Å². The number of ketones is 1. The minimum Gasteiger partial charge on any atom is -0.492 e. The average Bonchev–Trinajstić information content (AvgIpc) is 3.12. The first-order valence-electron chi connectivity index (χ1n) is 10.4. The molecule has 150 valence electrons. The summed E-state index contributed by atoms with van der Waals surface area (Å²) < 4.78 is 8.04. The third kappa shape index (κ3) is 3.16. The Kier molecular flexibility index (Phi) is 4.79. The Morgan fingerprint density at radius 1 is 1.03 bits per heavy atom. The highest BCUT2D eigenvalue weighted by Gasteiger charge is 2.28. The van der Waals surface area contributed by atoms with Crippen molar-refractivity contribution in [3.8, 4) is 5.75 Å². The highest BCUT2D eigenvalue weighted by molar-refractivity contribution is 6.11. The van der Waals surface area contributed by atoms with Gasteiger partial charge < -0.3 is 4.74 Å². The molecule has 0 amide bonds. The highest BCUT2D eigenvalue weighted by atomic mass is 16.5. The fourth-order valence-corrected chi connectivity index (χ4v) is 4.11. The van der Waals surface area contributed by atoms with Crippen LogP contribution >= 0.6 is 0 Å². The molecule has 0 saturated heterocycles. The molecular formula is C25H23N3O2. The van der Waals surface area contributed by atoms with Crippen molar-refractivity contribution >= 4 is 16.8 Å². The maximum Gasteiger partial charge on any atom is 0.212 e. The van der Waals surface area contributed by atoms with Crippen molar-refractivity contribution in [2.45, 2.75) is 32.7 Å². The van der Waals surface area contributed by atoms with Crippen LogP contribution in [0.5, 0.6) is 5.75 Å². The number of aromatic nitrogens is 3. The van der Waals surface area contributed by atoms with Crippen LogP contribution in [0.1, 0.15) is 46.1 Å². The molecular weight excluding hydrogens is 374 g/mol. The Morgan fingerprint density at radius 2 is 1.83 bits per heavy atom. The van der Waals surface area contributed by atoms with Gasteiger partial charge in [0.05, 0.1) is 24.7 Å². The Hall–Kier alpha value is -3.47. The molecule has 0 N–H and O–H groups in total. The van der Waals surface area contributed by atoms with E-state index >= 15 is 0 Å². The lowest BCUT2D eigenvalue weighted by Gasteiger charge is -2.14. The molecule has 5 heteroatoms. The van der Waals surface area contributed by atoms with E-state index in [1.807, 2.05) is 53.3 Å². The zero-order valence-electron chi connectivity index (χ0n) is 17.0. The molecule has 4 aromatic rings. The van der Waals surface area contributed by atoms with Crippen LogP contribution in [0, 0.1) is 0 Å². The first-order valence-corrected chi connectivity index (χ1v) is 10.4. The van der Waals surface area contributed by atoms with E-state index in [0.717, 1.165) is 52.7 Å². The summed E-state index contributed by atoms with van der Waals surface area (Å²) in [7, 11) is 0. The second-order valence-corrected chi connectivity index (χ2v) is 7.63.